The molecule has 3 atom stereocenters. The summed E-state index contributed by atoms with van der Waals surface area (Å²) in [6, 6.07) is 18.3. The number of hydrogen-bond donors (Lipinski definition) is 1. The van der Waals surface area contributed by atoms with Crippen molar-refractivity contribution in [1.29, 1.82) is 0 Å². The molecule has 1 N–H and O–H groups in total. The zero-order chi connectivity index (χ0) is 27.4. The molecular weight excluding hydrogens is 547 g/mol. The smallest absolute Gasteiger partial charge is 0.361 e. The Morgan fingerprint density at radius 3 is 2.46 bits per heavy atom. The number of benzene rings is 2. The van der Waals surface area contributed by atoms with E-state index in [-0.39, 0.29) is 28.5 Å². The summed E-state index contributed by atoms with van der Waals surface area (Å²) in [6.45, 7) is 0.469. The van der Waals surface area contributed by atoms with Crippen LogP contribution >= 0.6 is 22.7 Å². The van der Waals surface area contributed by atoms with Gasteiger partial charge in [0.1, 0.15) is 0 Å². The maximum Gasteiger partial charge on any atom is 0.416 e. The highest BCUT2D eigenvalue weighted by molar-refractivity contribution is 7.17. The van der Waals surface area contributed by atoms with Gasteiger partial charge in [-0.1, -0.05) is 53.8 Å². The largest absolute Gasteiger partial charge is 0.416 e. The lowest BCUT2D eigenvalue weighted by molar-refractivity contribution is -0.380. The minimum absolute atomic E-state index is 0.0611. The van der Waals surface area contributed by atoms with Crippen LogP contribution in [0.5, 0.6) is 0 Å². The van der Waals surface area contributed by atoms with Crippen LogP contribution < -0.4 is 5.32 Å². The number of ketones is 1. The predicted octanol–water partition coefficient (Wildman–Crippen LogP) is 7.93. The lowest BCUT2D eigenvalue weighted by Crippen LogP contribution is -2.05. The number of nitro groups is 1. The number of nitrogens with zero attached hydrogens (tertiary/aromatic N) is 2. The number of anilines is 1. The first-order valence-corrected chi connectivity index (χ1v) is 14.1. The molecule has 3 unspecified atom stereocenters. The molecule has 4 aromatic rings. The average Bonchev–Trinajstić information content (AvgIpc) is 3.62. The Balaban J connectivity index is 1.18. The highest BCUT2D eigenvalue weighted by Crippen LogP contribution is 2.85. The fourth-order valence-electron chi connectivity index (χ4n) is 5.37. The molecule has 2 fully saturated rings. The van der Waals surface area contributed by atoms with Crippen molar-refractivity contribution in [1.82, 2.24) is 4.98 Å². The number of hydrogen-bond acceptors (Lipinski definition) is 7. The molecule has 0 radical (unpaired) electrons. The van der Waals surface area contributed by atoms with Gasteiger partial charge in [-0.2, -0.15) is 13.2 Å². The molecule has 2 heterocycles. The van der Waals surface area contributed by atoms with Crippen LogP contribution in [0.3, 0.4) is 0 Å². The van der Waals surface area contributed by atoms with Gasteiger partial charge < -0.3 is 5.32 Å². The zero-order valence-electron chi connectivity index (χ0n) is 20.4. The van der Waals surface area contributed by atoms with Crippen LogP contribution in [0.2, 0.25) is 0 Å². The summed E-state index contributed by atoms with van der Waals surface area (Å²) in [6.07, 6.45) is -2.57. The second-order valence-electron chi connectivity index (χ2n) is 9.85. The number of aromatic nitrogens is 1. The first kappa shape index (κ1) is 25.7. The summed E-state index contributed by atoms with van der Waals surface area (Å²) >= 11 is 2.39. The molecule has 2 aromatic carbocycles. The molecule has 0 amide bonds. The van der Waals surface area contributed by atoms with Crippen LogP contribution in [0.1, 0.15) is 50.9 Å². The van der Waals surface area contributed by atoms with Crippen molar-refractivity contribution in [3.8, 4) is 11.3 Å². The number of thiazole rings is 1. The number of nitrogens with one attached hydrogen (secondary N) is 1. The number of fused-ring (bicyclic) bond motifs is 1. The van der Waals surface area contributed by atoms with Crippen molar-refractivity contribution in [2.45, 2.75) is 36.8 Å². The van der Waals surface area contributed by atoms with E-state index >= 15 is 0 Å². The number of rotatable bonds is 10. The molecule has 2 saturated carbocycles. The standard InChI is InChI=1S/C28H22F3N3O3S2/c29-28(30,31)18-10-8-16(9-11-18)24-25(23-19-15-27(19,23)17-5-2-1-3-6-17)39-26(33-24)32-14-4-7-20(35)21-12-13-22(38-21)34(36)37/h1-3,5-6,8-13,19,23H,4,7,14-15H2,(H,32,33). The Bertz CT molecular complexity index is 1550. The number of carbonyl (C=O) groups is 1. The van der Waals surface area contributed by atoms with Crippen LogP contribution in [0.15, 0.2) is 66.7 Å². The molecule has 6 nitrogen and oxygen atoms in total. The second-order valence-corrected chi connectivity index (χ2v) is 11.9. The van der Waals surface area contributed by atoms with Gasteiger partial charge in [0.15, 0.2) is 10.9 Å². The van der Waals surface area contributed by atoms with Gasteiger partial charge in [-0.25, -0.2) is 4.98 Å². The van der Waals surface area contributed by atoms with Crippen LogP contribution in [0.4, 0.5) is 23.3 Å². The Hall–Kier alpha value is -3.57. The number of alkyl halides is 3. The number of Topliss-reactive ketones (excluding diaryl/α,β-unsaturated/α-hetero) is 1. The van der Waals surface area contributed by atoms with Crippen molar-refractivity contribution in [3.63, 3.8) is 0 Å². The highest BCUT2D eigenvalue weighted by atomic mass is 32.1. The molecule has 0 aliphatic heterocycles. The SMILES string of the molecule is O=C(CCCNc1nc(-c2ccc(C(F)(F)F)cc2)c(C2C3CC32c2ccccc2)s1)c1ccc([N+](=O)[O-])s1. The molecule has 11 heteroatoms. The summed E-state index contributed by atoms with van der Waals surface area (Å²) < 4.78 is 39.4. The highest BCUT2D eigenvalue weighted by Gasteiger charge is 2.80. The van der Waals surface area contributed by atoms with Crippen molar-refractivity contribution in [2.24, 2.45) is 5.92 Å². The van der Waals surface area contributed by atoms with Crippen molar-refractivity contribution >= 4 is 38.6 Å². The van der Waals surface area contributed by atoms with E-state index in [4.69, 9.17) is 4.98 Å². The van der Waals surface area contributed by atoms with E-state index in [0.29, 0.717) is 40.1 Å². The number of halogens is 3. The molecule has 200 valence electrons. The predicted molar refractivity (Wildman–Crippen MR) is 145 cm³/mol. The molecule has 2 aliphatic rings. The van der Waals surface area contributed by atoms with E-state index in [1.54, 1.807) is 0 Å². The van der Waals surface area contributed by atoms with Crippen LogP contribution in [-0.2, 0) is 11.6 Å². The zero-order valence-corrected chi connectivity index (χ0v) is 22.0. The van der Waals surface area contributed by atoms with Gasteiger partial charge in [-0.3, -0.25) is 14.9 Å². The van der Waals surface area contributed by atoms with Crippen molar-refractivity contribution in [2.75, 3.05) is 11.9 Å². The summed E-state index contributed by atoms with van der Waals surface area (Å²) in [4.78, 5) is 29.0. The van der Waals surface area contributed by atoms with Crippen LogP contribution in [0, 0.1) is 16.0 Å². The van der Waals surface area contributed by atoms with Gasteiger partial charge in [0, 0.05) is 40.8 Å². The second kappa shape index (κ2) is 9.56. The third-order valence-electron chi connectivity index (χ3n) is 7.54. The number of thiophene rings is 1. The molecule has 6 rings (SSSR count). The Labute approximate surface area is 229 Å². The Kier molecular flexibility index (Phi) is 6.30. The van der Waals surface area contributed by atoms with E-state index in [9.17, 15) is 28.1 Å². The lowest BCUT2D eigenvalue weighted by atomic mass is 9.94. The monoisotopic (exact) mass is 569 g/mol. The van der Waals surface area contributed by atoms with Crippen LogP contribution in [0.25, 0.3) is 11.3 Å². The van der Waals surface area contributed by atoms with Gasteiger partial charge in [0.25, 0.3) is 0 Å². The number of carbonyl (C=O) groups excluding carboxylic acids is 1. The van der Waals surface area contributed by atoms with E-state index in [0.717, 1.165) is 34.8 Å². The normalized spacial score (nSPS) is 21.3. The van der Waals surface area contributed by atoms with E-state index in [2.05, 4.69) is 17.4 Å². The fourth-order valence-corrected chi connectivity index (χ4v) is 7.44. The Morgan fingerprint density at radius 1 is 1.08 bits per heavy atom. The molecule has 0 saturated heterocycles. The summed E-state index contributed by atoms with van der Waals surface area (Å²) in [5.41, 5.74) is 2.02. The first-order chi connectivity index (χ1) is 18.7. The third-order valence-corrected chi connectivity index (χ3v) is 9.72. The average molecular weight is 570 g/mol. The van der Waals surface area contributed by atoms with Crippen molar-refractivity contribution in [3.05, 3.63) is 97.7 Å². The van der Waals surface area contributed by atoms with E-state index in [1.807, 2.05) is 18.2 Å². The van der Waals surface area contributed by atoms with Gasteiger partial charge in [0.05, 0.1) is 21.1 Å². The molecule has 2 aromatic heterocycles. The van der Waals surface area contributed by atoms with Gasteiger partial charge >= 0.3 is 11.2 Å². The lowest BCUT2D eigenvalue weighted by Gasteiger charge is -2.13. The van der Waals surface area contributed by atoms with Gasteiger partial charge in [0.2, 0.25) is 0 Å². The third kappa shape index (κ3) is 4.74. The van der Waals surface area contributed by atoms with Gasteiger partial charge in [-0.15, -0.1) is 11.3 Å². The summed E-state index contributed by atoms with van der Waals surface area (Å²) in [5.74, 6) is 0.637. The van der Waals surface area contributed by atoms with Crippen LogP contribution in [-0.4, -0.2) is 22.2 Å². The minimum atomic E-state index is -4.41. The molecule has 0 spiro atoms. The van der Waals surface area contributed by atoms with Crippen molar-refractivity contribution < 1.29 is 22.9 Å². The quantitative estimate of drug-likeness (QED) is 0.0907. The van der Waals surface area contributed by atoms with E-state index < -0.39 is 16.7 Å². The minimum Gasteiger partial charge on any atom is -0.361 e. The fraction of sp³-hybridized carbons (Fsp3) is 0.286. The molecule has 2 aliphatic carbocycles. The topological polar surface area (TPSA) is 85.1 Å². The Morgan fingerprint density at radius 2 is 1.82 bits per heavy atom. The van der Waals surface area contributed by atoms with Gasteiger partial charge in [-0.05, 0) is 42.5 Å². The first-order valence-electron chi connectivity index (χ1n) is 12.4. The summed E-state index contributed by atoms with van der Waals surface area (Å²) in [5, 5.41) is 14.7. The van der Waals surface area contributed by atoms with E-state index in [1.165, 1.54) is 41.2 Å². The molecule has 39 heavy (non-hydrogen) atoms. The maximum atomic E-state index is 13.1. The maximum absolute atomic E-state index is 13.1. The summed E-state index contributed by atoms with van der Waals surface area (Å²) in [7, 11) is 0. The molecule has 0 bridgehead atoms. The molecular formula is C28H22F3N3O3S2.